The topological polar surface area (TPSA) is 33.1 Å². The fraction of sp³-hybridized carbons (Fsp3) is 0.562. The van der Waals surface area contributed by atoms with Crippen LogP contribution in [-0.4, -0.2) is 41.1 Å². The molecule has 1 fully saturated rings. The van der Waals surface area contributed by atoms with Crippen LogP contribution in [0.1, 0.15) is 24.8 Å². The lowest BCUT2D eigenvalue weighted by Gasteiger charge is -2.14. The number of rotatable bonds is 6. The maximum atomic E-state index is 4.56. The average Bonchev–Trinajstić information content (AvgIpc) is 3.09. The number of likely N-dealkylation sites (tertiary alicyclic amines) is 1. The Kier molecular flexibility index (Phi) is 4.33. The molecule has 108 valence electrons. The number of hydrogen-bond donors (Lipinski definition) is 1. The zero-order valence-corrected chi connectivity index (χ0v) is 12.3. The second-order valence-electron chi connectivity index (χ2n) is 5.65. The van der Waals surface area contributed by atoms with E-state index in [0.29, 0.717) is 0 Å². The standard InChI is InChI=1S/C16H24N4/c1-17-12-14-13-20(16-15(14)6-4-7-18-16)11-5-10-19-8-2-3-9-19/h4,6-7,13,17H,2-3,5,8-12H2,1H3. The number of pyridine rings is 1. The maximum absolute atomic E-state index is 4.56. The largest absolute Gasteiger partial charge is 0.332 e. The molecule has 2 aromatic heterocycles. The molecule has 4 heteroatoms. The zero-order valence-electron chi connectivity index (χ0n) is 12.3. The smallest absolute Gasteiger partial charge is 0.140 e. The molecule has 1 saturated heterocycles. The predicted octanol–water partition coefficient (Wildman–Crippen LogP) is 2.24. The van der Waals surface area contributed by atoms with Crippen LogP contribution in [0.2, 0.25) is 0 Å². The van der Waals surface area contributed by atoms with Gasteiger partial charge >= 0.3 is 0 Å². The summed E-state index contributed by atoms with van der Waals surface area (Å²) >= 11 is 0. The molecule has 3 heterocycles. The molecule has 0 aliphatic carbocycles. The lowest BCUT2D eigenvalue weighted by Crippen LogP contribution is -2.21. The van der Waals surface area contributed by atoms with Crippen molar-refractivity contribution in [3.05, 3.63) is 30.1 Å². The van der Waals surface area contributed by atoms with Gasteiger partial charge in [0.25, 0.3) is 0 Å². The first-order valence-electron chi connectivity index (χ1n) is 7.68. The number of nitrogens with one attached hydrogen (secondary N) is 1. The van der Waals surface area contributed by atoms with Crippen molar-refractivity contribution in [2.75, 3.05) is 26.7 Å². The molecular formula is C16H24N4. The van der Waals surface area contributed by atoms with Gasteiger partial charge in [0.2, 0.25) is 0 Å². The van der Waals surface area contributed by atoms with Crippen LogP contribution in [0.3, 0.4) is 0 Å². The SMILES string of the molecule is CNCc1cn(CCCN2CCCC2)c2ncccc12. The summed E-state index contributed by atoms with van der Waals surface area (Å²) in [6, 6.07) is 4.20. The van der Waals surface area contributed by atoms with Gasteiger partial charge in [-0.1, -0.05) is 0 Å². The van der Waals surface area contributed by atoms with Gasteiger partial charge in [0.1, 0.15) is 5.65 Å². The Balaban J connectivity index is 1.70. The highest BCUT2D eigenvalue weighted by molar-refractivity contribution is 5.80. The van der Waals surface area contributed by atoms with Crippen LogP contribution < -0.4 is 5.32 Å². The van der Waals surface area contributed by atoms with E-state index >= 15 is 0 Å². The third kappa shape index (κ3) is 2.86. The van der Waals surface area contributed by atoms with Crippen molar-refractivity contribution in [2.45, 2.75) is 32.4 Å². The Morgan fingerprint density at radius 1 is 1.25 bits per heavy atom. The van der Waals surface area contributed by atoms with Gasteiger partial charge in [-0.15, -0.1) is 0 Å². The van der Waals surface area contributed by atoms with Crippen LogP contribution in [0.15, 0.2) is 24.5 Å². The quantitative estimate of drug-likeness (QED) is 0.875. The normalized spacial score (nSPS) is 16.2. The van der Waals surface area contributed by atoms with Crippen LogP contribution >= 0.6 is 0 Å². The highest BCUT2D eigenvalue weighted by atomic mass is 15.1. The molecule has 0 radical (unpaired) electrons. The number of hydrogen-bond acceptors (Lipinski definition) is 3. The highest BCUT2D eigenvalue weighted by Crippen LogP contribution is 2.19. The second kappa shape index (κ2) is 6.37. The fourth-order valence-corrected chi connectivity index (χ4v) is 3.17. The van der Waals surface area contributed by atoms with Crippen molar-refractivity contribution >= 4 is 11.0 Å². The molecule has 20 heavy (non-hydrogen) atoms. The Morgan fingerprint density at radius 2 is 2.10 bits per heavy atom. The summed E-state index contributed by atoms with van der Waals surface area (Å²) in [7, 11) is 1.99. The van der Waals surface area contributed by atoms with E-state index in [2.05, 4.69) is 32.0 Å². The van der Waals surface area contributed by atoms with Crippen LogP contribution in [0.5, 0.6) is 0 Å². The van der Waals surface area contributed by atoms with Gasteiger partial charge in [-0.3, -0.25) is 0 Å². The number of fused-ring (bicyclic) bond motifs is 1. The minimum absolute atomic E-state index is 0.904. The van der Waals surface area contributed by atoms with E-state index in [1.54, 1.807) is 0 Å². The van der Waals surface area contributed by atoms with Crippen LogP contribution in [0.25, 0.3) is 11.0 Å². The summed E-state index contributed by atoms with van der Waals surface area (Å²) in [5.41, 5.74) is 2.47. The van der Waals surface area contributed by atoms with E-state index in [1.165, 1.54) is 49.8 Å². The zero-order chi connectivity index (χ0) is 13.8. The lowest BCUT2D eigenvalue weighted by molar-refractivity contribution is 0.326. The average molecular weight is 272 g/mol. The molecule has 3 rings (SSSR count). The van der Waals surface area contributed by atoms with E-state index in [9.17, 15) is 0 Å². The van der Waals surface area contributed by atoms with Crippen molar-refractivity contribution in [1.29, 1.82) is 0 Å². The second-order valence-corrected chi connectivity index (χ2v) is 5.65. The third-order valence-corrected chi connectivity index (χ3v) is 4.16. The molecule has 0 spiro atoms. The van der Waals surface area contributed by atoms with Gasteiger partial charge in [0, 0.05) is 30.9 Å². The molecule has 0 atom stereocenters. The summed E-state index contributed by atoms with van der Waals surface area (Å²) in [5, 5.41) is 4.52. The summed E-state index contributed by atoms with van der Waals surface area (Å²) in [6.07, 6.45) is 8.11. The number of nitrogens with zero attached hydrogens (tertiary/aromatic N) is 3. The molecular weight excluding hydrogens is 248 g/mol. The first-order chi connectivity index (χ1) is 9.88. The molecule has 0 amide bonds. The van der Waals surface area contributed by atoms with E-state index in [0.717, 1.165) is 18.7 Å². The molecule has 0 aromatic carbocycles. The number of aromatic nitrogens is 2. The molecule has 1 aliphatic heterocycles. The summed E-state index contributed by atoms with van der Waals surface area (Å²) < 4.78 is 2.32. The fourth-order valence-electron chi connectivity index (χ4n) is 3.17. The van der Waals surface area contributed by atoms with Gasteiger partial charge < -0.3 is 14.8 Å². The first kappa shape index (κ1) is 13.6. The van der Waals surface area contributed by atoms with Gasteiger partial charge in [-0.2, -0.15) is 0 Å². The van der Waals surface area contributed by atoms with Gasteiger partial charge in [-0.05, 0) is 63.6 Å². The van der Waals surface area contributed by atoms with Gasteiger partial charge in [0.15, 0.2) is 0 Å². The molecule has 1 aliphatic rings. The predicted molar refractivity (Wildman–Crippen MR) is 82.8 cm³/mol. The number of aryl methyl sites for hydroxylation is 1. The van der Waals surface area contributed by atoms with Gasteiger partial charge in [0.05, 0.1) is 0 Å². The Labute approximate surface area is 120 Å². The minimum Gasteiger partial charge on any atom is -0.332 e. The minimum atomic E-state index is 0.904. The molecule has 4 nitrogen and oxygen atoms in total. The van der Waals surface area contributed by atoms with Crippen molar-refractivity contribution < 1.29 is 0 Å². The first-order valence-corrected chi connectivity index (χ1v) is 7.68. The molecule has 1 N–H and O–H groups in total. The van der Waals surface area contributed by atoms with Crippen LogP contribution in [-0.2, 0) is 13.1 Å². The summed E-state index contributed by atoms with van der Waals surface area (Å²) in [4.78, 5) is 7.13. The Bertz CT molecular complexity index is 555. The Morgan fingerprint density at radius 3 is 2.90 bits per heavy atom. The summed E-state index contributed by atoms with van der Waals surface area (Å²) in [6.45, 7) is 5.76. The van der Waals surface area contributed by atoms with E-state index in [1.807, 2.05) is 19.3 Å². The van der Waals surface area contributed by atoms with Crippen molar-refractivity contribution in [3.8, 4) is 0 Å². The molecule has 0 bridgehead atoms. The van der Waals surface area contributed by atoms with Crippen molar-refractivity contribution in [1.82, 2.24) is 19.8 Å². The van der Waals surface area contributed by atoms with Crippen molar-refractivity contribution in [3.63, 3.8) is 0 Å². The van der Waals surface area contributed by atoms with E-state index < -0.39 is 0 Å². The molecule has 2 aromatic rings. The van der Waals surface area contributed by atoms with Gasteiger partial charge in [-0.25, -0.2) is 4.98 Å². The van der Waals surface area contributed by atoms with Crippen LogP contribution in [0.4, 0.5) is 0 Å². The van der Waals surface area contributed by atoms with E-state index in [-0.39, 0.29) is 0 Å². The highest BCUT2D eigenvalue weighted by Gasteiger charge is 2.12. The summed E-state index contributed by atoms with van der Waals surface area (Å²) in [5.74, 6) is 0. The third-order valence-electron chi connectivity index (χ3n) is 4.16. The van der Waals surface area contributed by atoms with Crippen molar-refractivity contribution in [2.24, 2.45) is 0 Å². The monoisotopic (exact) mass is 272 g/mol. The molecule has 0 unspecified atom stereocenters. The Hall–Kier alpha value is -1.39. The maximum Gasteiger partial charge on any atom is 0.140 e. The lowest BCUT2D eigenvalue weighted by atomic mass is 10.2. The molecule has 0 saturated carbocycles. The van der Waals surface area contributed by atoms with Crippen LogP contribution in [0, 0.1) is 0 Å². The van der Waals surface area contributed by atoms with E-state index in [4.69, 9.17) is 0 Å².